The van der Waals surface area contributed by atoms with Crippen LogP contribution in [0.3, 0.4) is 0 Å². The summed E-state index contributed by atoms with van der Waals surface area (Å²) in [7, 11) is 0. The van der Waals surface area contributed by atoms with Gasteiger partial charge in [0.15, 0.2) is 0 Å². The molecule has 3 aromatic heterocycles. The molecule has 0 bridgehead atoms. The first-order chi connectivity index (χ1) is 15.5. The number of thiophene rings is 1. The van der Waals surface area contributed by atoms with Gasteiger partial charge in [-0.2, -0.15) is 0 Å². The van der Waals surface area contributed by atoms with Gasteiger partial charge in [0, 0.05) is 11.5 Å². The number of carbonyl (C=O) groups is 1. The van der Waals surface area contributed by atoms with Crippen molar-refractivity contribution in [2.45, 2.75) is 58.7 Å². The van der Waals surface area contributed by atoms with Crippen LogP contribution in [0.2, 0.25) is 0 Å². The van der Waals surface area contributed by atoms with E-state index in [9.17, 15) is 9.59 Å². The Balaban J connectivity index is 1.41. The number of anilines is 1. The maximum absolute atomic E-state index is 13.4. The van der Waals surface area contributed by atoms with Crippen molar-refractivity contribution in [3.05, 3.63) is 31.6 Å². The predicted octanol–water partition coefficient (Wildman–Crippen LogP) is 3.01. The van der Waals surface area contributed by atoms with Crippen LogP contribution in [0, 0.1) is 13.8 Å². The van der Waals surface area contributed by atoms with Gasteiger partial charge >= 0.3 is 0 Å². The van der Waals surface area contributed by atoms with Crippen molar-refractivity contribution in [2.24, 2.45) is 0 Å². The van der Waals surface area contributed by atoms with Crippen LogP contribution in [0.4, 0.5) is 5.13 Å². The molecule has 1 N–H and O–H groups in total. The van der Waals surface area contributed by atoms with Crippen LogP contribution in [0.1, 0.15) is 53.1 Å². The van der Waals surface area contributed by atoms with Gasteiger partial charge in [-0.1, -0.05) is 11.3 Å². The quantitative estimate of drug-likeness (QED) is 0.586. The minimum absolute atomic E-state index is 0.0377. The molecule has 1 unspecified atom stereocenters. The van der Waals surface area contributed by atoms with Gasteiger partial charge in [-0.25, -0.2) is 4.98 Å². The molecule has 2 saturated heterocycles. The number of fused-ring (bicyclic) bond motifs is 1. The molecule has 11 heteroatoms. The Morgan fingerprint density at radius 3 is 2.75 bits per heavy atom. The summed E-state index contributed by atoms with van der Waals surface area (Å²) in [5, 5.41) is 12.9. The Morgan fingerprint density at radius 2 is 2.00 bits per heavy atom. The fourth-order valence-corrected chi connectivity index (χ4v) is 6.17. The largest absolute Gasteiger partial charge is 0.371 e. The summed E-state index contributed by atoms with van der Waals surface area (Å²) in [5.74, 6) is 0.327. The fourth-order valence-electron chi connectivity index (χ4n) is 4.28. The van der Waals surface area contributed by atoms with E-state index >= 15 is 0 Å². The third-order valence-corrected chi connectivity index (χ3v) is 8.16. The molecule has 9 nitrogen and oxygen atoms in total. The zero-order valence-corrected chi connectivity index (χ0v) is 19.9. The summed E-state index contributed by atoms with van der Waals surface area (Å²) in [5.41, 5.74) is 0.785. The molecule has 170 valence electrons. The minimum atomic E-state index is -0.310. The third-order valence-electron chi connectivity index (χ3n) is 6.13. The number of hydrogen-bond donors (Lipinski definition) is 1. The van der Waals surface area contributed by atoms with Crippen LogP contribution in [-0.2, 0) is 22.6 Å². The first-order valence-corrected chi connectivity index (χ1v) is 12.6. The van der Waals surface area contributed by atoms with E-state index in [2.05, 4.69) is 20.4 Å². The second kappa shape index (κ2) is 8.97. The molecule has 1 atom stereocenters. The minimum Gasteiger partial charge on any atom is -0.371 e. The number of aryl methyl sites for hydroxylation is 2. The van der Waals surface area contributed by atoms with Crippen LogP contribution in [0.5, 0.6) is 0 Å². The van der Waals surface area contributed by atoms with E-state index in [0.29, 0.717) is 22.9 Å². The standard InChI is InChI=1S/C21H26N6O3S2/c1-12-13(2)31-19-17(12)20(29)27(15(22-19)10-26-7-3-4-8-26)11-16(28)23-21-25-24-18(32-21)14-6-5-9-30-14/h14H,3-11H2,1-2H3,(H,23,25,28). The van der Waals surface area contributed by atoms with Gasteiger partial charge in [0.2, 0.25) is 11.0 Å². The second-order valence-corrected chi connectivity index (χ2v) is 10.6. The van der Waals surface area contributed by atoms with Crippen molar-refractivity contribution in [1.82, 2.24) is 24.6 Å². The highest BCUT2D eigenvalue weighted by Crippen LogP contribution is 2.32. The van der Waals surface area contributed by atoms with E-state index in [4.69, 9.17) is 9.72 Å². The topological polar surface area (TPSA) is 102 Å². The van der Waals surface area contributed by atoms with E-state index in [1.807, 2.05) is 13.8 Å². The van der Waals surface area contributed by atoms with Gasteiger partial charge in [-0.3, -0.25) is 24.4 Å². The number of carbonyl (C=O) groups excluding carboxylic acids is 1. The average molecular weight is 475 g/mol. The normalized spacial score (nSPS) is 19.2. The monoisotopic (exact) mass is 474 g/mol. The molecule has 5 heterocycles. The average Bonchev–Trinajstić information content (AvgIpc) is 3.54. The van der Waals surface area contributed by atoms with Gasteiger partial charge in [0.25, 0.3) is 5.56 Å². The summed E-state index contributed by atoms with van der Waals surface area (Å²) in [6.07, 6.45) is 4.18. The van der Waals surface area contributed by atoms with Gasteiger partial charge in [-0.05, 0) is 58.2 Å². The molecular formula is C21H26N6O3S2. The lowest BCUT2D eigenvalue weighted by Gasteiger charge is -2.18. The Hall–Kier alpha value is -2.21. The molecule has 32 heavy (non-hydrogen) atoms. The summed E-state index contributed by atoms with van der Waals surface area (Å²) < 4.78 is 7.16. The number of nitrogens with one attached hydrogen (secondary N) is 1. The van der Waals surface area contributed by atoms with E-state index in [-0.39, 0.29) is 24.1 Å². The predicted molar refractivity (Wildman–Crippen MR) is 124 cm³/mol. The van der Waals surface area contributed by atoms with Crippen LogP contribution in [-0.4, -0.2) is 50.3 Å². The van der Waals surface area contributed by atoms with Crippen molar-refractivity contribution in [1.29, 1.82) is 0 Å². The van der Waals surface area contributed by atoms with E-state index < -0.39 is 0 Å². The van der Waals surface area contributed by atoms with Crippen LogP contribution in [0.25, 0.3) is 10.2 Å². The highest BCUT2D eigenvalue weighted by molar-refractivity contribution is 7.18. The number of nitrogens with zero attached hydrogens (tertiary/aromatic N) is 5. The first-order valence-electron chi connectivity index (χ1n) is 11.0. The zero-order chi connectivity index (χ0) is 22.2. The molecule has 1 amide bonds. The van der Waals surface area contributed by atoms with Crippen LogP contribution >= 0.6 is 22.7 Å². The zero-order valence-electron chi connectivity index (χ0n) is 18.2. The summed E-state index contributed by atoms with van der Waals surface area (Å²) in [4.78, 5) is 35.2. The van der Waals surface area contributed by atoms with E-state index in [1.165, 1.54) is 27.2 Å². The van der Waals surface area contributed by atoms with Crippen LogP contribution in [0.15, 0.2) is 4.79 Å². The molecule has 0 radical (unpaired) electrons. The Labute approximate surface area is 193 Å². The first kappa shape index (κ1) is 21.6. The van der Waals surface area contributed by atoms with E-state index in [1.54, 1.807) is 0 Å². The Morgan fingerprint density at radius 1 is 1.19 bits per heavy atom. The van der Waals surface area contributed by atoms with Gasteiger partial charge in [-0.15, -0.1) is 21.5 Å². The molecule has 2 aliphatic heterocycles. The molecular weight excluding hydrogens is 448 g/mol. The van der Waals surface area contributed by atoms with Crippen molar-refractivity contribution >= 4 is 43.9 Å². The van der Waals surface area contributed by atoms with Crippen molar-refractivity contribution in [2.75, 3.05) is 25.0 Å². The van der Waals surface area contributed by atoms with Crippen molar-refractivity contribution < 1.29 is 9.53 Å². The molecule has 2 aliphatic rings. The lowest BCUT2D eigenvalue weighted by atomic mass is 10.2. The fraction of sp³-hybridized carbons (Fsp3) is 0.571. The molecule has 3 aromatic rings. The van der Waals surface area contributed by atoms with Crippen molar-refractivity contribution in [3.63, 3.8) is 0 Å². The number of rotatable bonds is 6. The Kier molecular flexibility index (Phi) is 6.06. The number of ether oxygens (including phenoxy) is 1. The Bertz CT molecular complexity index is 1200. The SMILES string of the molecule is Cc1sc2nc(CN3CCCC3)n(CC(=O)Nc3nnc(C4CCCO4)s3)c(=O)c2c1C. The number of hydrogen-bond acceptors (Lipinski definition) is 9. The highest BCUT2D eigenvalue weighted by atomic mass is 32.1. The number of amides is 1. The summed E-state index contributed by atoms with van der Waals surface area (Å²) >= 11 is 2.86. The van der Waals surface area contributed by atoms with Crippen molar-refractivity contribution in [3.8, 4) is 0 Å². The highest BCUT2D eigenvalue weighted by Gasteiger charge is 2.24. The van der Waals surface area contributed by atoms with Crippen LogP contribution < -0.4 is 10.9 Å². The third kappa shape index (κ3) is 4.21. The lowest BCUT2D eigenvalue weighted by Crippen LogP contribution is -2.33. The number of aromatic nitrogens is 4. The smallest absolute Gasteiger partial charge is 0.263 e. The number of likely N-dealkylation sites (tertiary alicyclic amines) is 1. The maximum Gasteiger partial charge on any atom is 0.263 e. The lowest BCUT2D eigenvalue weighted by molar-refractivity contribution is -0.116. The summed E-state index contributed by atoms with van der Waals surface area (Å²) in [6.45, 7) is 7.10. The molecule has 0 aliphatic carbocycles. The van der Waals surface area contributed by atoms with Gasteiger partial charge in [0.05, 0.1) is 11.9 Å². The molecule has 5 rings (SSSR count). The second-order valence-electron chi connectivity index (χ2n) is 8.36. The molecule has 0 spiro atoms. The molecule has 0 saturated carbocycles. The van der Waals surface area contributed by atoms with Gasteiger partial charge in [0.1, 0.15) is 28.3 Å². The van der Waals surface area contributed by atoms with E-state index in [0.717, 1.165) is 65.7 Å². The molecule has 2 fully saturated rings. The maximum atomic E-state index is 13.4. The summed E-state index contributed by atoms with van der Waals surface area (Å²) in [6, 6.07) is 0. The van der Waals surface area contributed by atoms with Gasteiger partial charge < -0.3 is 4.74 Å². The molecule has 0 aromatic carbocycles.